The van der Waals surface area contributed by atoms with Gasteiger partial charge in [-0.05, 0) is 77.1 Å². The molecule has 0 bridgehead atoms. The highest BCUT2D eigenvalue weighted by molar-refractivity contribution is 5.66. The van der Waals surface area contributed by atoms with Crippen molar-refractivity contribution in [2.24, 2.45) is 5.11 Å². The molecule has 0 aliphatic carbocycles. The van der Waals surface area contributed by atoms with E-state index >= 15 is 0 Å². The molecule has 4 aromatic rings. The molecule has 0 fully saturated rings. The average molecular weight is 474 g/mol. The number of benzene rings is 4. The fraction of sp³-hybridized carbons (Fsp3) is 0.219. The Morgan fingerprint density at radius 3 is 1.72 bits per heavy atom. The molecular weight excluding hydrogens is 442 g/mol. The van der Waals surface area contributed by atoms with Gasteiger partial charge in [0.2, 0.25) is 5.69 Å². The summed E-state index contributed by atoms with van der Waals surface area (Å²) in [5.41, 5.74) is 7.30. The lowest BCUT2D eigenvalue weighted by molar-refractivity contribution is -0.435. The standard InChI is InChI=1S/C32H31N3O/c1-2-3-4-5-6-7-25-8-12-27(13-9-25)30-18-22-32(23-19-30)35(36)34-31-20-16-29(17-21-31)28-14-10-26(24-33)11-15-28/h8-23H,2-7H2,1H3. The summed E-state index contributed by atoms with van der Waals surface area (Å²) in [4.78, 5) is 0.655. The summed E-state index contributed by atoms with van der Waals surface area (Å²) in [6, 6.07) is 33.3. The van der Waals surface area contributed by atoms with Crippen LogP contribution in [0.25, 0.3) is 22.3 Å². The quantitative estimate of drug-likeness (QED) is 0.0996. The van der Waals surface area contributed by atoms with Crippen molar-refractivity contribution in [1.29, 1.82) is 5.26 Å². The van der Waals surface area contributed by atoms with Crippen molar-refractivity contribution in [1.82, 2.24) is 0 Å². The van der Waals surface area contributed by atoms with Gasteiger partial charge in [-0.2, -0.15) is 5.26 Å². The molecule has 180 valence electrons. The van der Waals surface area contributed by atoms with Gasteiger partial charge in [0.15, 0.2) is 0 Å². The van der Waals surface area contributed by atoms with Crippen LogP contribution in [0.1, 0.15) is 50.2 Å². The molecule has 4 nitrogen and oxygen atoms in total. The second kappa shape index (κ2) is 12.5. The van der Waals surface area contributed by atoms with E-state index in [0.717, 1.165) is 28.7 Å². The molecule has 0 aliphatic rings. The molecule has 0 heterocycles. The second-order valence-electron chi connectivity index (χ2n) is 9.02. The maximum Gasteiger partial charge on any atom is 0.244 e. The zero-order valence-electron chi connectivity index (χ0n) is 20.7. The molecule has 0 atom stereocenters. The maximum atomic E-state index is 12.6. The Morgan fingerprint density at radius 1 is 0.667 bits per heavy atom. The van der Waals surface area contributed by atoms with Gasteiger partial charge in [0.25, 0.3) is 0 Å². The molecule has 0 N–H and O–H groups in total. The van der Waals surface area contributed by atoms with Crippen molar-refractivity contribution in [3.63, 3.8) is 0 Å². The Bertz CT molecular complexity index is 1320. The van der Waals surface area contributed by atoms with Crippen LogP contribution in [0.2, 0.25) is 0 Å². The van der Waals surface area contributed by atoms with E-state index in [0.29, 0.717) is 21.8 Å². The third-order valence-electron chi connectivity index (χ3n) is 6.37. The van der Waals surface area contributed by atoms with Gasteiger partial charge in [0.1, 0.15) is 5.69 Å². The summed E-state index contributed by atoms with van der Waals surface area (Å²) in [6.45, 7) is 2.24. The van der Waals surface area contributed by atoms with Crippen LogP contribution in [0.5, 0.6) is 0 Å². The van der Waals surface area contributed by atoms with Gasteiger partial charge >= 0.3 is 0 Å². The number of rotatable bonds is 10. The van der Waals surface area contributed by atoms with E-state index in [1.54, 1.807) is 24.3 Å². The van der Waals surface area contributed by atoms with E-state index in [1.165, 1.54) is 37.7 Å². The van der Waals surface area contributed by atoms with Crippen LogP contribution in [0.4, 0.5) is 11.4 Å². The molecule has 4 aromatic carbocycles. The normalized spacial score (nSPS) is 11.3. The van der Waals surface area contributed by atoms with Crippen LogP contribution in [0.3, 0.4) is 0 Å². The molecule has 0 saturated heterocycles. The lowest BCUT2D eigenvalue weighted by Gasteiger charge is -2.06. The highest BCUT2D eigenvalue weighted by atomic mass is 16.5. The summed E-state index contributed by atoms with van der Waals surface area (Å²) in [7, 11) is 0. The number of hydrogen-bond acceptors (Lipinski definition) is 3. The topological polar surface area (TPSA) is 62.2 Å². The van der Waals surface area contributed by atoms with Gasteiger partial charge in [0, 0.05) is 17.2 Å². The monoisotopic (exact) mass is 473 g/mol. The molecule has 4 heteroatoms. The van der Waals surface area contributed by atoms with Gasteiger partial charge in [-0.1, -0.05) is 86.0 Å². The number of azo groups is 1. The van der Waals surface area contributed by atoms with Gasteiger partial charge < -0.3 is 5.21 Å². The molecular formula is C32H31N3O. The van der Waals surface area contributed by atoms with E-state index in [2.05, 4.69) is 42.4 Å². The third-order valence-corrected chi connectivity index (χ3v) is 6.37. The molecule has 4 rings (SSSR count). The Kier molecular flexibility index (Phi) is 8.62. The van der Waals surface area contributed by atoms with E-state index < -0.39 is 0 Å². The Balaban J connectivity index is 1.37. The molecule has 0 aromatic heterocycles. The van der Waals surface area contributed by atoms with E-state index in [1.807, 2.05) is 48.5 Å². The molecule has 0 aliphatic heterocycles. The van der Waals surface area contributed by atoms with Crippen LogP contribution in [0.15, 0.2) is 102 Å². The van der Waals surface area contributed by atoms with Crippen molar-refractivity contribution < 1.29 is 4.86 Å². The predicted octanol–water partition coefficient (Wildman–Crippen LogP) is 9.33. The number of aryl methyl sites for hydroxylation is 1. The van der Waals surface area contributed by atoms with Crippen molar-refractivity contribution in [3.05, 3.63) is 113 Å². The first-order valence-electron chi connectivity index (χ1n) is 12.6. The molecule has 0 saturated carbocycles. The number of unbranched alkanes of at least 4 members (excludes halogenated alkanes) is 4. The SMILES string of the molecule is CCCCCCCc1ccc(-c2ccc([N+]([O-])=Nc3ccc(-c4ccc(C#N)cc4)cc3)cc2)cc1. The molecule has 0 radical (unpaired) electrons. The van der Waals surface area contributed by atoms with Crippen LogP contribution in [0, 0.1) is 16.5 Å². The van der Waals surface area contributed by atoms with Crippen LogP contribution < -0.4 is 0 Å². The molecule has 0 unspecified atom stereocenters. The summed E-state index contributed by atoms with van der Waals surface area (Å²) >= 11 is 0. The Hall–Kier alpha value is -4.23. The number of nitrogens with zero attached hydrogens (tertiary/aromatic N) is 3. The summed E-state index contributed by atoms with van der Waals surface area (Å²) in [5, 5.41) is 25.8. The van der Waals surface area contributed by atoms with Crippen molar-refractivity contribution >= 4 is 11.4 Å². The fourth-order valence-corrected chi connectivity index (χ4v) is 4.20. The fourth-order valence-electron chi connectivity index (χ4n) is 4.20. The van der Waals surface area contributed by atoms with Crippen molar-refractivity contribution in [2.75, 3.05) is 0 Å². The first-order chi connectivity index (χ1) is 17.7. The van der Waals surface area contributed by atoms with Crippen LogP contribution in [-0.2, 0) is 6.42 Å². The minimum atomic E-state index is 0.485. The van der Waals surface area contributed by atoms with E-state index in [4.69, 9.17) is 5.26 Å². The maximum absolute atomic E-state index is 12.6. The lowest BCUT2D eigenvalue weighted by Crippen LogP contribution is -1.91. The van der Waals surface area contributed by atoms with Crippen molar-refractivity contribution in [2.45, 2.75) is 45.4 Å². The smallest absolute Gasteiger partial charge is 0.244 e. The van der Waals surface area contributed by atoms with E-state index in [9.17, 15) is 5.21 Å². The molecule has 0 amide bonds. The van der Waals surface area contributed by atoms with Gasteiger partial charge in [-0.3, -0.25) is 0 Å². The number of nitriles is 1. The summed E-state index contributed by atoms with van der Waals surface area (Å²) < 4.78 is 0. The summed E-state index contributed by atoms with van der Waals surface area (Å²) in [5.74, 6) is 0. The van der Waals surface area contributed by atoms with Crippen LogP contribution >= 0.6 is 0 Å². The highest BCUT2D eigenvalue weighted by Gasteiger charge is 2.07. The first-order valence-corrected chi connectivity index (χ1v) is 12.6. The molecule has 36 heavy (non-hydrogen) atoms. The minimum Gasteiger partial charge on any atom is -0.594 e. The third kappa shape index (κ3) is 6.67. The molecule has 0 spiro atoms. The summed E-state index contributed by atoms with van der Waals surface area (Å²) in [6.07, 6.45) is 7.61. The van der Waals surface area contributed by atoms with Crippen LogP contribution in [-0.4, -0.2) is 4.86 Å². The predicted molar refractivity (Wildman–Crippen MR) is 146 cm³/mol. The zero-order chi connectivity index (χ0) is 25.2. The first kappa shape index (κ1) is 24.9. The largest absolute Gasteiger partial charge is 0.594 e. The van der Waals surface area contributed by atoms with Gasteiger partial charge in [-0.15, -0.1) is 0 Å². The van der Waals surface area contributed by atoms with Crippen molar-refractivity contribution in [3.8, 4) is 28.3 Å². The lowest BCUT2D eigenvalue weighted by atomic mass is 10.0. The number of hydrogen-bond donors (Lipinski definition) is 0. The average Bonchev–Trinajstić information content (AvgIpc) is 2.94. The Labute approximate surface area is 213 Å². The zero-order valence-corrected chi connectivity index (χ0v) is 20.7. The van der Waals surface area contributed by atoms with Gasteiger partial charge in [-0.25, -0.2) is 0 Å². The second-order valence-corrected chi connectivity index (χ2v) is 9.02. The minimum absolute atomic E-state index is 0.485. The van der Waals surface area contributed by atoms with Gasteiger partial charge in [0.05, 0.1) is 11.6 Å². The van der Waals surface area contributed by atoms with E-state index in [-0.39, 0.29) is 0 Å². The Morgan fingerprint density at radius 2 is 1.17 bits per heavy atom. The highest BCUT2D eigenvalue weighted by Crippen LogP contribution is 2.26.